The Morgan fingerprint density at radius 1 is 1.04 bits per heavy atom. The second kappa shape index (κ2) is 8.52. The molecule has 0 aliphatic rings. The van der Waals surface area contributed by atoms with Crippen LogP contribution >= 0.6 is 0 Å². The SMILES string of the molecule is Cc1ccc(C(=O)NC(=NCc2c(C)nn(C)c2C)Nc2ccccc2)cc1. The lowest BCUT2D eigenvalue weighted by Crippen LogP contribution is -2.36. The van der Waals surface area contributed by atoms with Crippen LogP contribution in [0.2, 0.25) is 0 Å². The predicted molar refractivity (Wildman–Crippen MR) is 113 cm³/mol. The minimum Gasteiger partial charge on any atom is -0.326 e. The van der Waals surface area contributed by atoms with Crippen molar-refractivity contribution < 1.29 is 4.79 Å². The first-order valence-corrected chi connectivity index (χ1v) is 9.17. The topological polar surface area (TPSA) is 71.3 Å². The standard InChI is InChI=1S/C22H25N5O/c1-15-10-12-18(13-11-15)21(28)25-22(24-19-8-6-5-7-9-19)23-14-20-16(2)26-27(4)17(20)3/h5-13H,14H2,1-4H3,(H2,23,24,25,28). The highest BCUT2D eigenvalue weighted by atomic mass is 16.1. The molecule has 1 heterocycles. The fourth-order valence-corrected chi connectivity index (χ4v) is 2.86. The van der Waals surface area contributed by atoms with Crippen LogP contribution in [0.5, 0.6) is 0 Å². The summed E-state index contributed by atoms with van der Waals surface area (Å²) in [7, 11) is 1.91. The summed E-state index contributed by atoms with van der Waals surface area (Å²) in [6.45, 7) is 6.39. The van der Waals surface area contributed by atoms with Gasteiger partial charge in [-0.2, -0.15) is 5.10 Å². The van der Waals surface area contributed by atoms with Gasteiger partial charge in [0.25, 0.3) is 5.91 Å². The number of carbonyl (C=O) groups excluding carboxylic acids is 1. The van der Waals surface area contributed by atoms with Crippen molar-refractivity contribution in [1.82, 2.24) is 15.1 Å². The van der Waals surface area contributed by atoms with Crippen LogP contribution in [0.25, 0.3) is 0 Å². The molecule has 0 fully saturated rings. The van der Waals surface area contributed by atoms with Gasteiger partial charge in [-0.15, -0.1) is 0 Å². The van der Waals surface area contributed by atoms with E-state index in [0.717, 1.165) is 28.2 Å². The van der Waals surface area contributed by atoms with E-state index in [1.54, 1.807) is 12.1 Å². The summed E-state index contributed by atoms with van der Waals surface area (Å²) in [4.78, 5) is 17.3. The second-order valence-corrected chi connectivity index (χ2v) is 6.75. The zero-order chi connectivity index (χ0) is 20.1. The van der Waals surface area contributed by atoms with Crippen molar-refractivity contribution in [3.05, 3.63) is 82.7 Å². The Kier molecular flexibility index (Phi) is 5.89. The van der Waals surface area contributed by atoms with Crippen LogP contribution in [0.15, 0.2) is 59.6 Å². The summed E-state index contributed by atoms with van der Waals surface area (Å²) < 4.78 is 1.84. The van der Waals surface area contributed by atoms with Crippen LogP contribution in [-0.2, 0) is 13.6 Å². The Bertz CT molecular complexity index is 988. The number of para-hydroxylation sites is 1. The van der Waals surface area contributed by atoms with E-state index in [9.17, 15) is 4.79 Å². The number of hydrogen-bond donors (Lipinski definition) is 2. The molecule has 0 aliphatic heterocycles. The molecule has 1 aromatic heterocycles. The number of nitrogens with one attached hydrogen (secondary N) is 2. The maximum atomic E-state index is 12.7. The highest BCUT2D eigenvalue weighted by Gasteiger charge is 2.12. The average Bonchev–Trinajstić information content (AvgIpc) is 2.92. The van der Waals surface area contributed by atoms with Crippen LogP contribution in [0.3, 0.4) is 0 Å². The van der Waals surface area contributed by atoms with E-state index in [-0.39, 0.29) is 5.91 Å². The molecule has 0 spiro atoms. The van der Waals surface area contributed by atoms with Crippen molar-refractivity contribution in [2.75, 3.05) is 5.32 Å². The minimum atomic E-state index is -0.207. The van der Waals surface area contributed by atoms with Crippen molar-refractivity contribution >= 4 is 17.6 Å². The zero-order valence-electron chi connectivity index (χ0n) is 16.7. The first-order chi connectivity index (χ1) is 13.4. The third-order valence-electron chi connectivity index (χ3n) is 4.64. The van der Waals surface area contributed by atoms with Gasteiger partial charge in [-0.1, -0.05) is 35.9 Å². The van der Waals surface area contributed by atoms with Crippen LogP contribution in [0.1, 0.15) is 32.9 Å². The molecule has 1 amide bonds. The number of hydrogen-bond acceptors (Lipinski definition) is 3. The van der Waals surface area contributed by atoms with E-state index in [2.05, 4.69) is 20.7 Å². The Morgan fingerprint density at radius 2 is 1.71 bits per heavy atom. The minimum absolute atomic E-state index is 0.207. The average molecular weight is 375 g/mol. The second-order valence-electron chi connectivity index (χ2n) is 6.75. The number of rotatable bonds is 4. The maximum Gasteiger partial charge on any atom is 0.257 e. The molecule has 3 aromatic rings. The molecular formula is C22H25N5O. The third-order valence-corrected chi connectivity index (χ3v) is 4.64. The highest BCUT2D eigenvalue weighted by molar-refractivity contribution is 6.09. The van der Waals surface area contributed by atoms with Gasteiger partial charge in [0.2, 0.25) is 5.96 Å². The van der Waals surface area contributed by atoms with Crippen LogP contribution in [0, 0.1) is 20.8 Å². The van der Waals surface area contributed by atoms with Gasteiger partial charge in [0.15, 0.2) is 0 Å². The summed E-state index contributed by atoms with van der Waals surface area (Å²) in [5, 5.41) is 10.5. The van der Waals surface area contributed by atoms with E-state index in [0.29, 0.717) is 18.1 Å². The lowest BCUT2D eigenvalue weighted by Gasteiger charge is -2.12. The normalized spacial score (nSPS) is 11.4. The zero-order valence-corrected chi connectivity index (χ0v) is 16.7. The number of benzene rings is 2. The molecule has 0 bridgehead atoms. The van der Waals surface area contributed by atoms with Gasteiger partial charge in [0.05, 0.1) is 12.2 Å². The molecule has 3 rings (SSSR count). The summed E-state index contributed by atoms with van der Waals surface area (Å²) in [6, 6.07) is 17.1. The Balaban J connectivity index is 1.83. The quantitative estimate of drug-likeness (QED) is 0.539. The predicted octanol–water partition coefficient (Wildman–Crippen LogP) is 3.74. The molecule has 0 saturated carbocycles. The number of anilines is 1. The van der Waals surface area contributed by atoms with Crippen molar-refractivity contribution in [3.8, 4) is 0 Å². The van der Waals surface area contributed by atoms with Gasteiger partial charge in [-0.05, 0) is 45.0 Å². The summed E-state index contributed by atoms with van der Waals surface area (Å²) >= 11 is 0. The summed E-state index contributed by atoms with van der Waals surface area (Å²) in [5.74, 6) is 0.196. The molecule has 2 N–H and O–H groups in total. The van der Waals surface area contributed by atoms with Crippen molar-refractivity contribution in [2.45, 2.75) is 27.3 Å². The fraction of sp³-hybridized carbons (Fsp3) is 0.227. The molecule has 6 heteroatoms. The molecule has 0 unspecified atom stereocenters. The van der Waals surface area contributed by atoms with Gasteiger partial charge in [0, 0.05) is 29.6 Å². The van der Waals surface area contributed by atoms with Gasteiger partial charge in [0.1, 0.15) is 0 Å². The number of aromatic nitrogens is 2. The Hall–Kier alpha value is -3.41. The van der Waals surface area contributed by atoms with Crippen molar-refractivity contribution in [1.29, 1.82) is 0 Å². The van der Waals surface area contributed by atoms with E-state index >= 15 is 0 Å². The number of carbonyl (C=O) groups is 1. The van der Waals surface area contributed by atoms with E-state index in [1.165, 1.54) is 0 Å². The third kappa shape index (κ3) is 4.65. The number of guanidine groups is 1. The molecular weight excluding hydrogens is 350 g/mol. The first-order valence-electron chi connectivity index (χ1n) is 9.17. The number of nitrogens with zero attached hydrogens (tertiary/aromatic N) is 3. The Labute approximate surface area is 165 Å². The fourth-order valence-electron chi connectivity index (χ4n) is 2.86. The van der Waals surface area contributed by atoms with Crippen LogP contribution < -0.4 is 10.6 Å². The first kappa shape index (κ1) is 19.4. The van der Waals surface area contributed by atoms with Crippen molar-refractivity contribution in [2.24, 2.45) is 12.0 Å². The monoisotopic (exact) mass is 375 g/mol. The molecule has 2 aromatic carbocycles. The highest BCUT2D eigenvalue weighted by Crippen LogP contribution is 2.13. The van der Waals surface area contributed by atoms with Crippen molar-refractivity contribution in [3.63, 3.8) is 0 Å². The maximum absolute atomic E-state index is 12.7. The van der Waals surface area contributed by atoms with E-state index in [4.69, 9.17) is 0 Å². The van der Waals surface area contributed by atoms with E-state index in [1.807, 2.05) is 75.0 Å². The largest absolute Gasteiger partial charge is 0.326 e. The van der Waals surface area contributed by atoms with Crippen LogP contribution in [0.4, 0.5) is 5.69 Å². The van der Waals surface area contributed by atoms with Crippen LogP contribution in [-0.4, -0.2) is 21.6 Å². The molecule has 0 aliphatic carbocycles. The summed E-state index contributed by atoms with van der Waals surface area (Å²) in [5.41, 5.74) is 5.60. The number of aryl methyl sites for hydroxylation is 3. The lowest BCUT2D eigenvalue weighted by molar-refractivity contribution is 0.0977. The number of amides is 1. The smallest absolute Gasteiger partial charge is 0.257 e. The molecule has 0 radical (unpaired) electrons. The van der Waals surface area contributed by atoms with Gasteiger partial charge in [-0.3, -0.25) is 14.8 Å². The molecule has 28 heavy (non-hydrogen) atoms. The molecule has 0 saturated heterocycles. The lowest BCUT2D eigenvalue weighted by atomic mass is 10.1. The number of aliphatic imine (C=N–C) groups is 1. The molecule has 0 atom stereocenters. The van der Waals surface area contributed by atoms with Gasteiger partial charge < -0.3 is 5.32 Å². The molecule has 144 valence electrons. The van der Waals surface area contributed by atoms with E-state index < -0.39 is 0 Å². The van der Waals surface area contributed by atoms with Gasteiger partial charge >= 0.3 is 0 Å². The summed E-state index contributed by atoms with van der Waals surface area (Å²) in [6.07, 6.45) is 0. The Morgan fingerprint density at radius 3 is 2.32 bits per heavy atom. The van der Waals surface area contributed by atoms with Gasteiger partial charge in [-0.25, -0.2) is 4.99 Å². The molecule has 6 nitrogen and oxygen atoms in total.